The second-order valence-electron chi connectivity index (χ2n) is 6.91. The van der Waals surface area contributed by atoms with Gasteiger partial charge in [-0.2, -0.15) is 0 Å². The molecule has 0 aliphatic carbocycles. The maximum atomic E-state index is 13.5. The lowest BCUT2D eigenvalue weighted by molar-refractivity contribution is 0.249. The summed E-state index contributed by atoms with van der Waals surface area (Å²) in [6.07, 6.45) is 3.90. The lowest BCUT2D eigenvalue weighted by Crippen LogP contribution is -2.28. The fraction of sp³-hybridized carbons (Fsp3) is 0.381. The number of fused-ring (bicyclic) bond motifs is 1. The highest BCUT2D eigenvalue weighted by Crippen LogP contribution is 2.54. The Balaban J connectivity index is 1.54. The predicted molar refractivity (Wildman–Crippen MR) is 113 cm³/mol. The zero-order valence-electron chi connectivity index (χ0n) is 15.6. The Labute approximate surface area is 164 Å². The van der Waals surface area contributed by atoms with Gasteiger partial charge in [0.25, 0.3) is 7.52 Å². The second-order valence-corrected chi connectivity index (χ2v) is 10.4. The molecule has 1 aliphatic heterocycles. The van der Waals surface area contributed by atoms with E-state index in [0.717, 1.165) is 47.6 Å². The van der Waals surface area contributed by atoms with E-state index in [4.69, 9.17) is 9.51 Å². The Hall–Kier alpha value is -1.52. The monoisotopic (exact) mass is 400 g/mol. The van der Waals surface area contributed by atoms with Crippen LogP contribution in [0, 0.1) is 0 Å². The van der Waals surface area contributed by atoms with Crippen LogP contribution in [0.1, 0.15) is 31.7 Å². The molecule has 1 atom stereocenters. The molecule has 4 rings (SSSR count). The number of nitrogens with zero attached hydrogens (tertiary/aromatic N) is 2. The van der Waals surface area contributed by atoms with E-state index in [1.165, 1.54) is 11.1 Å². The van der Waals surface area contributed by atoms with Crippen molar-refractivity contribution in [1.29, 1.82) is 0 Å². The molecule has 0 saturated carbocycles. The van der Waals surface area contributed by atoms with Crippen LogP contribution in [0.5, 0.6) is 0 Å². The van der Waals surface area contributed by atoms with Gasteiger partial charge >= 0.3 is 0 Å². The number of thiazole rings is 1. The van der Waals surface area contributed by atoms with Crippen molar-refractivity contribution in [2.75, 3.05) is 19.7 Å². The summed E-state index contributed by atoms with van der Waals surface area (Å²) in [5, 5.41) is 1.02. The summed E-state index contributed by atoms with van der Waals surface area (Å²) in [4.78, 5) is 4.72. The topological polar surface area (TPSA) is 42.4 Å². The van der Waals surface area contributed by atoms with Crippen molar-refractivity contribution >= 4 is 29.1 Å². The Morgan fingerprint density at radius 1 is 1.07 bits per heavy atom. The van der Waals surface area contributed by atoms with Crippen molar-refractivity contribution in [1.82, 2.24) is 9.65 Å². The van der Waals surface area contributed by atoms with E-state index in [0.29, 0.717) is 12.8 Å². The molecule has 0 bridgehead atoms. The van der Waals surface area contributed by atoms with Crippen LogP contribution in [0.2, 0.25) is 0 Å². The van der Waals surface area contributed by atoms with E-state index in [1.54, 1.807) is 11.3 Å². The molecule has 2 heterocycles. The number of aromatic nitrogens is 1. The van der Waals surface area contributed by atoms with Crippen molar-refractivity contribution in [3.63, 3.8) is 0 Å². The maximum absolute atomic E-state index is 13.5. The third-order valence-corrected chi connectivity index (χ3v) is 8.75. The van der Waals surface area contributed by atoms with Crippen LogP contribution in [-0.4, -0.2) is 29.4 Å². The molecule has 0 radical (unpaired) electrons. The molecule has 4 nitrogen and oxygen atoms in total. The minimum Gasteiger partial charge on any atom is -0.317 e. The van der Waals surface area contributed by atoms with E-state index in [9.17, 15) is 4.57 Å². The van der Waals surface area contributed by atoms with Gasteiger partial charge in [-0.15, -0.1) is 11.3 Å². The summed E-state index contributed by atoms with van der Waals surface area (Å²) in [6.45, 7) is 4.16. The maximum Gasteiger partial charge on any atom is 0.276 e. The van der Waals surface area contributed by atoms with Gasteiger partial charge in [0.2, 0.25) is 0 Å². The van der Waals surface area contributed by atoms with Crippen LogP contribution in [0.3, 0.4) is 0 Å². The van der Waals surface area contributed by atoms with E-state index in [-0.39, 0.29) is 0 Å². The van der Waals surface area contributed by atoms with E-state index in [2.05, 4.69) is 35.0 Å². The minimum atomic E-state index is -2.81. The first kappa shape index (κ1) is 18.8. The Morgan fingerprint density at radius 3 is 2.52 bits per heavy atom. The number of piperidine rings is 1. The molecular weight excluding hydrogens is 375 g/mol. The van der Waals surface area contributed by atoms with Crippen molar-refractivity contribution in [3.8, 4) is 10.6 Å². The van der Waals surface area contributed by atoms with E-state index >= 15 is 0 Å². The first-order valence-corrected chi connectivity index (χ1v) is 12.2. The summed E-state index contributed by atoms with van der Waals surface area (Å²) < 4.78 is 22.6. The van der Waals surface area contributed by atoms with Crippen LogP contribution < -0.4 is 0 Å². The molecule has 1 saturated heterocycles. The fourth-order valence-electron chi connectivity index (χ4n) is 3.59. The SMILES string of the molecule is CCOP(=O)(Cc1ccc(-c2nc3ccccc3s2)cc1)N1CCCCC1. The highest BCUT2D eigenvalue weighted by molar-refractivity contribution is 7.55. The zero-order chi connectivity index (χ0) is 18.7. The molecule has 1 fully saturated rings. The number of hydrogen-bond donors (Lipinski definition) is 0. The summed E-state index contributed by atoms with van der Waals surface area (Å²) >= 11 is 1.70. The van der Waals surface area contributed by atoms with Crippen molar-refractivity contribution < 1.29 is 9.09 Å². The molecular formula is C21H25N2O2PS. The third-order valence-electron chi connectivity index (χ3n) is 4.97. The molecule has 27 heavy (non-hydrogen) atoms. The van der Waals surface area contributed by atoms with Gasteiger partial charge in [0.15, 0.2) is 0 Å². The van der Waals surface area contributed by atoms with Gasteiger partial charge in [0, 0.05) is 18.7 Å². The van der Waals surface area contributed by atoms with Crippen LogP contribution in [-0.2, 0) is 15.3 Å². The molecule has 6 heteroatoms. The Kier molecular flexibility index (Phi) is 5.74. The largest absolute Gasteiger partial charge is 0.317 e. The lowest BCUT2D eigenvalue weighted by Gasteiger charge is -2.33. The van der Waals surface area contributed by atoms with Gasteiger partial charge in [0.05, 0.1) is 23.0 Å². The van der Waals surface area contributed by atoms with E-state index < -0.39 is 7.52 Å². The standard InChI is InChI=1S/C21H25N2O2PS/c1-2-25-26(24,23-14-6-3-7-15-23)16-17-10-12-18(13-11-17)21-22-19-8-4-5-9-20(19)27-21/h4-5,8-13H,2-3,6-7,14-16H2,1H3. The first-order chi connectivity index (χ1) is 13.2. The first-order valence-electron chi connectivity index (χ1n) is 9.62. The van der Waals surface area contributed by atoms with Crippen LogP contribution in [0.4, 0.5) is 0 Å². The quantitative estimate of drug-likeness (QED) is 0.464. The van der Waals surface area contributed by atoms with Gasteiger partial charge in [-0.1, -0.05) is 42.8 Å². The summed E-state index contributed by atoms with van der Waals surface area (Å²) in [5.74, 6) is 0. The van der Waals surface area contributed by atoms with Crippen molar-refractivity contribution in [3.05, 3.63) is 54.1 Å². The molecule has 1 unspecified atom stereocenters. The zero-order valence-corrected chi connectivity index (χ0v) is 17.3. The van der Waals surface area contributed by atoms with Crippen LogP contribution >= 0.6 is 18.9 Å². The average molecular weight is 400 g/mol. The van der Waals surface area contributed by atoms with Crippen molar-refractivity contribution in [2.45, 2.75) is 32.3 Å². The summed E-state index contributed by atoms with van der Waals surface area (Å²) in [7, 11) is -2.81. The smallest absolute Gasteiger partial charge is 0.276 e. The molecule has 1 aromatic heterocycles. The molecule has 0 amide bonds. The average Bonchev–Trinajstić information content (AvgIpc) is 3.14. The normalized spacial score (nSPS) is 17.8. The number of para-hydroxylation sites is 1. The number of benzene rings is 2. The molecule has 3 aromatic rings. The van der Waals surface area contributed by atoms with Gasteiger partial charge in [-0.05, 0) is 37.5 Å². The highest BCUT2D eigenvalue weighted by Gasteiger charge is 2.32. The fourth-order valence-corrected chi connectivity index (χ4v) is 6.98. The van der Waals surface area contributed by atoms with Gasteiger partial charge in [-0.3, -0.25) is 4.57 Å². The molecule has 2 aromatic carbocycles. The van der Waals surface area contributed by atoms with Gasteiger partial charge < -0.3 is 4.52 Å². The van der Waals surface area contributed by atoms with Crippen molar-refractivity contribution in [2.24, 2.45) is 0 Å². The third kappa shape index (κ3) is 4.17. The van der Waals surface area contributed by atoms with E-state index in [1.807, 2.05) is 25.1 Å². The molecule has 142 valence electrons. The second kappa shape index (κ2) is 8.24. The predicted octanol–water partition coefficient (Wildman–Crippen LogP) is 6.18. The van der Waals surface area contributed by atoms with Gasteiger partial charge in [-0.25, -0.2) is 9.65 Å². The molecule has 0 N–H and O–H groups in total. The summed E-state index contributed by atoms with van der Waals surface area (Å²) in [6, 6.07) is 16.5. The minimum absolute atomic E-state index is 0.473. The molecule has 1 aliphatic rings. The Bertz CT molecular complexity index is 915. The summed E-state index contributed by atoms with van der Waals surface area (Å²) in [5.41, 5.74) is 3.19. The number of hydrogen-bond acceptors (Lipinski definition) is 4. The van der Waals surface area contributed by atoms with Crippen LogP contribution in [0.15, 0.2) is 48.5 Å². The highest BCUT2D eigenvalue weighted by atomic mass is 32.1. The van der Waals surface area contributed by atoms with Gasteiger partial charge in [0.1, 0.15) is 5.01 Å². The number of rotatable bonds is 6. The van der Waals surface area contributed by atoms with Crippen LogP contribution in [0.25, 0.3) is 20.8 Å². The lowest BCUT2D eigenvalue weighted by atomic mass is 10.2. The molecule has 0 spiro atoms. The Morgan fingerprint density at radius 2 is 1.81 bits per heavy atom.